The number of hydrogen-bond donors (Lipinski definition) is 1. The van der Waals surface area contributed by atoms with Crippen molar-refractivity contribution < 1.29 is 0 Å². The molecule has 0 fully saturated rings. The lowest BCUT2D eigenvalue weighted by Gasteiger charge is -2.36. The number of rotatable bonds is 6. The lowest BCUT2D eigenvalue weighted by atomic mass is 9.99. The van der Waals surface area contributed by atoms with Crippen LogP contribution in [0.25, 0.3) is 0 Å². The fraction of sp³-hybridized carbons (Fsp3) is 0.688. The van der Waals surface area contributed by atoms with E-state index in [2.05, 4.69) is 57.6 Å². The van der Waals surface area contributed by atoms with Gasteiger partial charge in [0.15, 0.2) is 0 Å². The van der Waals surface area contributed by atoms with Crippen LogP contribution in [-0.2, 0) is 6.42 Å². The Hall–Kier alpha value is -1.09. The molecule has 0 saturated heterocycles. The molecule has 19 heavy (non-hydrogen) atoms. The monoisotopic (exact) mass is 263 g/mol. The molecule has 1 heterocycles. The van der Waals surface area contributed by atoms with Crippen molar-refractivity contribution in [3.05, 3.63) is 23.4 Å². The first-order valence-electron chi connectivity index (χ1n) is 7.26. The van der Waals surface area contributed by atoms with Gasteiger partial charge in [0.1, 0.15) is 5.82 Å². The minimum atomic E-state index is 0.124. The van der Waals surface area contributed by atoms with Crippen molar-refractivity contribution in [3.8, 4) is 0 Å². The van der Waals surface area contributed by atoms with Gasteiger partial charge in [0.2, 0.25) is 0 Å². The predicted molar refractivity (Wildman–Crippen MR) is 83.7 cm³/mol. The van der Waals surface area contributed by atoms with Gasteiger partial charge < -0.3 is 10.6 Å². The molecule has 0 saturated carbocycles. The molecule has 1 rings (SSSR count). The summed E-state index contributed by atoms with van der Waals surface area (Å²) in [4.78, 5) is 6.92. The minimum Gasteiger partial charge on any atom is -0.354 e. The van der Waals surface area contributed by atoms with E-state index in [9.17, 15) is 0 Å². The number of aryl methyl sites for hydroxylation is 1. The van der Waals surface area contributed by atoms with E-state index < -0.39 is 0 Å². The van der Waals surface area contributed by atoms with Gasteiger partial charge in [-0.25, -0.2) is 4.98 Å². The van der Waals surface area contributed by atoms with Crippen LogP contribution in [0, 0.1) is 6.92 Å². The van der Waals surface area contributed by atoms with Crippen molar-refractivity contribution in [1.29, 1.82) is 0 Å². The van der Waals surface area contributed by atoms with Gasteiger partial charge in [-0.05, 0) is 51.2 Å². The average Bonchev–Trinajstić information content (AvgIpc) is 2.38. The van der Waals surface area contributed by atoms with Crippen molar-refractivity contribution in [2.45, 2.75) is 65.5 Å². The maximum atomic E-state index is 6.01. The Morgan fingerprint density at radius 3 is 2.47 bits per heavy atom. The van der Waals surface area contributed by atoms with Crippen LogP contribution in [0.5, 0.6) is 0 Å². The molecule has 2 N–H and O–H groups in total. The summed E-state index contributed by atoms with van der Waals surface area (Å²) in [6, 6.07) is 2.46. The molecule has 1 unspecified atom stereocenters. The summed E-state index contributed by atoms with van der Waals surface area (Å²) in [6.45, 7) is 11.0. The van der Waals surface area contributed by atoms with Gasteiger partial charge in [-0.15, -0.1) is 0 Å². The van der Waals surface area contributed by atoms with E-state index in [4.69, 9.17) is 5.73 Å². The normalized spacial score (nSPS) is 13.4. The number of nitrogens with zero attached hydrogens (tertiary/aromatic N) is 2. The fourth-order valence-electron chi connectivity index (χ4n) is 2.06. The summed E-state index contributed by atoms with van der Waals surface area (Å²) >= 11 is 0. The quantitative estimate of drug-likeness (QED) is 0.856. The van der Waals surface area contributed by atoms with Crippen LogP contribution >= 0.6 is 0 Å². The van der Waals surface area contributed by atoms with Crippen molar-refractivity contribution >= 4 is 5.82 Å². The van der Waals surface area contributed by atoms with Gasteiger partial charge in [-0.1, -0.05) is 19.9 Å². The van der Waals surface area contributed by atoms with E-state index in [-0.39, 0.29) is 11.6 Å². The van der Waals surface area contributed by atoms with Crippen molar-refractivity contribution in [2.75, 3.05) is 11.9 Å². The molecule has 1 aromatic heterocycles. The molecule has 3 nitrogen and oxygen atoms in total. The summed E-state index contributed by atoms with van der Waals surface area (Å²) in [7, 11) is 2.12. The second-order valence-electron chi connectivity index (χ2n) is 6.08. The largest absolute Gasteiger partial charge is 0.354 e. The number of hydrogen-bond acceptors (Lipinski definition) is 3. The molecular formula is C16H29N3. The second-order valence-corrected chi connectivity index (χ2v) is 6.08. The van der Waals surface area contributed by atoms with Gasteiger partial charge >= 0.3 is 0 Å². The van der Waals surface area contributed by atoms with Gasteiger partial charge in [-0.2, -0.15) is 0 Å². The molecule has 0 radical (unpaired) electrons. The molecule has 1 aromatic rings. The molecular weight excluding hydrogens is 234 g/mol. The SMILES string of the molecule is CCC(N)Cc1cnc(N(C)C(C)(C)CC)c(C)c1. The summed E-state index contributed by atoms with van der Waals surface area (Å²) < 4.78 is 0. The molecule has 0 amide bonds. The fourth-order valence-corrected chi connectivity index (χ4v) is 2.06. The highest BCUT2D eigenvalue weighted by Gasteiger charge is 2.23. The highest BCUT2D eigenvalue weighted by Crippen LogP contribution is 2.26. The van der Waals surface area contributed by atoms with Gasteiger partial charge in [-0.3, -0.25) is 0 Å². The third-order valence-electron chi connectivity index (χ3n) is 4.22. The van der Waals surface area contributed by atoms with Crippen LogP contribution in [0.1, 0.15) is 51.7 Å². The van der Waals surface area contributed by atoms with Gasteiger partial charge in [0.05, 0.1) is 0 Å². The average molecular weight is 263 g/mol. The molecule has 108 valence electrons. The van der Waals surface area contributed by atoms with E-state index in [1.807, 2.05) is 6.20 Å². The number of aromatic nitrogens is 1. The Balaban J connectivity index is 2.94. The molecule has 0 aliphatic carbocycles. The number of pyridine rings is 1. The lowest BCUT2D eigenvalue weighted by Crippen LogP contribution is -2.41. The first kappa shape index (κ1) is 16.0. The maximum absolute atomic E-state index is 6.01. The van der Waals surface area contributed by atoms with E-state index >= 15 is 0 Å². The zero-order valence-corrected chi connectivity index (χ0v) is 13.3. The van der Waals surface area contributed by atoms with Crippen LogP contribution in [0.4, 0.5) is 5.82 Å². The predicted octanol–water partition coefficient (Wildman–Crippen LogP) is 3.29. The summed E-state index contributed by atoms with van der Waals surface area (Å²) in [5.41, 5.74) is 8.59. The highest BCUT2D eigenvalue weighted by atomic mass is 15.2. The molecule has 3 heteroatoms. The van der Waals surface area contributed by atoms with Crippen LogP contribution < -0.4 is 10.6 Å². The first-order valence-corrected chi connectivity index (χ1v) is 7.26. The van der Waals surface area contributed by atoms with E-state index in [1.165, 1.54) is 11.1 Å². The molecule has 0 aliphatic heterocycles. The van der Waals surface area contributed by atoms with E-state index in [0.717, 1.165) is 25.1 Å². The van der Waals surface area contributed by atoms with Crippen LogP contribution in [0.2, 0.25) is 0 Å². The Bertz CT molecular complexity index is 412. The minimum absolute atomic E-state index is 0.124. The zero-order chi connectivity index (χ0) is 14.6. The lowest BCUT2D eigenvalue weighted by molar-refractivity contribution is 0.466. The Morgan fingerprint density at radius 1 is 1.37 bits per heavy atom. The first-order chi connectivity index (χ1) is 8.81. The number of nitrogens with two attached hydrogens (primary N) is 1. The maximum Gasteiger partial charge on any atom is 0.131 e. The van der Waals surface area contributed by atoms with Crippen LogP contribution in [0.3, 0.4) is 0 Å². The molecule has 0 aromatic carbocycles. The summed E-state index contributed by atoms with van der Waals surface area (Å²) in [5, 5.41) is 0. The van der Waals surface area contributed by atoms with Crippen molar-refractivity contribution in [2.24, 2.45) is 5.73 Å². The Kier molecular flexibility index (Phi) is 5.36. The smallest absolute Gasteiger partial charge is 0.131 e. The third kappa shape index (κ3) is 3.93. The standard InChI is InChI=1S/C16H29N3/c1-7-14(17)10-13-9-12(3)15(18-11-13)19(6)16(4,5)8-2/h9,11,14H,7-8,10,17H2,1-6H3. The van der Waals surface area contributed by atoms with Gasteiger partial charge in [0, 0.05) is 24.8 Å². The summed E-state index contributed by atoms with van der Waals surface area (Å²) in [6.07, 6.45) is 4.97. The van der Waals surface area contributed by atoms with Crippen LogP contribution in [0.15, 0.2) is 12.3 Å². The van der Waals surface area contributed by atoms with Gasteiger partial charge in [0.25, 0.3) is 0 Å². The van der Waals surface area contributed by atoms with Crippen molar-refractivity contribution in [3.63, 3.8) is 0 Å². The highest BCUT2D eigenvalue weighted by molar-refractivity contribution is 5.48. The molecule has 0 aliphatic rings. The molecule has 0 spiro atoms. The van der Waals surface area contributed by atoms with E-state index in [1.54, 1.807) is 0 Å². The van der Waals surface area contributed by atoms with Crippen LogP contribution in [-0.4, -0.2) is 23.6 Å². The second kappa shape index (κ2) is 6.38. The Labute approximate surface area is 118 Å². The molecule has 1 atom stereocenters. The van der Waals surface area contributed by atoms with Crippen molar-refractivity contribution in [1.82, 2.24) is 4.98 Å². The summed E-state index contributed by atoms with van der Waals surface area (Å²) in [5.74, 6) is 1.07. The topological polar surface area (TPSA) is 42.1 Å². The zero-order valence-electron chi connectivity index (χ0n) is 13.3. The molecule has 0 bridgehead atoms. The third-order valence-corrected chi connectivity index (χ3v) is 4.22. The number of anilines is 1. The van der Waals surface area contributed by atoms with E-state index in [0.29, 0.717) is 0 Å². The Morgan fingerprint density at radius 2 is 2.00 bits per heavy atom.